The van der Waals surface area contributed by atoms with Crippen LogP contribution in [0.15, 0.2) is 10.8 Å². The van der Waals surface area contributed by atoms with Gasteiger partial charge in [-0.25, -0.2) is 16.5 Å². The van der Waals surface area contributed by atoms with E-state index in [-0.39, 0.29) is 43.1 Å². The second-order valence-electron chi connectivity index (χ2n) is 11.7. The largest absolute Gasteiger partial charge is 1.00 e. The molecule has 2 aromatic rings. The van der Waals surface area contributed by atoms with Crippen LogP contribution in [0.4, 0.5) is 0 Å². The summed E-state index contributed by atoms with van der Waals surface area (Å²) in [7, 11) is 0. The summed E-state index contributed by atoms with van der Waals surface area (Å²) in [5.74, 6) is 1.34. The molecule has 2 aromatic heterocycles. The SMILES string of the molecule is NCC1(c2nc(C3CCCCC3)cs2)CCOCC1.[AlH3].[C-]#[N+]C1(c2nc(C3CCCCC3)cs2)CCOCC1.[H-].[Li+]. The third-order valence-corrected chi connectivity index (χ3v) is 11.5. The van der Waals surface area contributed by atoms with E-state index in [0.717, 1.165) is 43.9 Å². The molecule has 0 unspecified atom stereocenters. The fraction of sp³-hybridized carbons (Fsp3) is 0.767. The second-order valence-corrected chi connectivity index (χ2v) is 13.4. The van der Waals surface area contributed by atoms with Crippen LogP contribution in [0.25, 0.3) is 4.85 Å². The van der Waals surface area contributed by atoms with Gasteiger partial charge in [0.25, 0.3) is 5.54 Å². The van der Waals surface area contributed by atoms with Gasteiger partial charge < -0.3 is 21.5 Å². The van der Waals surface area contributed by atoms with Gasteiger partial charge in [-0.3, -0.25) is 0 Å². The average Bonchev–Trinajstić information content (AvgIpc) is 3.71. The van der Waals surface area contributed by atoms with E-state index in [0.29, 0.717) is 31.6 Å². The normalized spacial score (nSPS) is 23.0. The van der Waals surface area contributed by atoms with Crippen molar-refractivity contribution in [1.82, 2.24) is 9.97 Å². The molecule has 0 bridgehead atoms. The number of thiazole rings is 2. The van der Waals surface area contributed by atoms with Crippen molar-refractivity contribution in [1.29, 1.82) is 0 Å². The smallest absolute Gasteiger partial charge is 1.00 e. The zero-order chi connectivity index (χ0) is 26.3. The van der Waals surface area contributed by atoms with Crippen molar-refractivity contribution >= 4 is 40.0 Å². The fourth-order valence-corrected chi connectivity index (χ4v) is 8.83. The maximum Gasteiger partial charge on any atom is 1.00 e. The molecule has 4 aliphatic rings. The molecule has 40 heavy (non-hydrogen) atoms. The van der Waals surface area contributed by atoms with Gasteiger partial charge in [-0.2, -0.15) is 0 Å². The zero-order valence-electron chi connectivity index (χ0n) is 24.8. The zero-order valence-corrected chi connectivity index (χ0v) is 25.4. The summed E-state index contributed by atoms with van der Waals surface area (Å²) < 4.78 is 10.9. The molecule has 0 radical (unpaired) electrons. The van der Waals surface area contributed by atoms with E-state index in [2.05, 4.69) is 15.6 Å². The predicted molar refractivity (Wildman–Crippen MR) is 166 cm³/mol. The quantitative estimate of drug-likeness (QED) is 0.425. The molecule has 6 nitrogen and oxygen atoms in total. The number of rotatable bonds is 5. The van der Waals surface area contributed by atoms with Gasteiger partial charge in [-0.1, -0.05) is 38.5 Å². The van der Waals surface area contributed by atoms with Gasteiger partial charge in [0.15, 0.2) is 22.4 Å². The number of nitrogens with zero attached hydrogens (tertiary/aromatic N) is 3. The standard InChI is InChI=1S/C15H20N2OS.C15H24N2OS.Al.Li.4H/c1-16-15(7-9-18-10-8-15)14-17-13(11-19-14)12-5-3-2-4-6-12;16-11-15(6-8-18-9-7-15)14-17-13(10-19-14)12-4-2-1-3-5-12;;;;;;/h11-12H,2-10H2;10,12H,1-9,11,16H2;;;;;;/q;;;+1;;;;-1. The monoisotopic (exact) mass is 594 g/mol. The summed E-state index contributed by atoms with van der Waals surface area (Å²) in [5.41, 5.74) is 8.35. The van der Waals surface area contributed by atoms with Gasteiger partial charge >= 0.3 is 18.9 Å². The van der Waals surface area contributed by atoms with E-state index in [1.54, 1.807) is 11.3 Å². The van der Waals surface area contributed by atoms with Crippen LogP contribution in [0.3, 0.4) is 0 Å². The first kappa shape index (κ1) is 34.3. The van der Waals surface area contributed by atoms with Crippen LogP contribution >= 0.6 is 22.7 Å². The van der Waals surface area contributed by atoms with Crippen LogP contribution in [0.2, 0.25) is 0 Å². The van der Waals surface area contributed by atoms with E-state index in [1.807, 2.05) is 11.3 Å². The number of ether oxygens (including phenoxy) is 2. The second kappa shape index (κ2) is 16.6. The molecule has 6 rings (SSSR count). The predicted octanol–water partition coefficient (Wildman–Crippen LogP) is 3.25. The average molecular weight is 595 g/mol. The molecule has 2 saturated heterocycles. The van der Waals surface area contributed by atoms with Gasteiger partial charge in [0.2, 0.25) is 0 Å². The van der Waals surface area contributed by atoms with Crippen LogP contribution < -0.4 is 24.6 Å². The molecule has 2 N–H and O–H groups in total. The Labute approximate surface area is 273 Å². The summed E-state index contributed by atoms with van der Waals surface area (Å²) in [6.07, 6.45) is 17.0. The van der Waals surface area contributed by atoms with Crippen molar-refractivity contribution in [3.63, 3.8) is 0 Å². The van der Waals surface area contributed by atoms with E-state index in [9.17, 15) is 0 Å². The van der Waals surface area contributed by atoms with E-state index >= 15 is 0 Å². The molecule has 0 amide bonds. The maximum absolute atomic E-state index is 7.57. The summed E-state index contributed by atoms with van der Waals surface area (Å²) in [6.45, 7) is 11.3. The van der Waals surface area contributed by atoms with Crippen molar-refractivity contribution in [3.05, 3.63) is 43.6 Å². The molecule has 2 aliphatic carbocycles. The summed E-state index contributed by atoms with van der Waals surface area (Å²) in [4.78, 5) is 13.8. The Kier molecular flexibility index (Phi) is 14.2. The molecule has 0 aromatic carbocycles. The van der Waals surface area contributed by atoms with Gasteiger partial charge in [0.1, 0.15) is 5.01 Å². The van der Waals surface area contributed by atoms with Crippen LogP contribution in [0.1, 0.15) is 125 Å². The van der Waals surface area contributed by atoms with Gasteiger partial charge in [-0.05, 0) is 38.5 Å². The van der Waals surface area contributed by atoms with Crippen LogP contribution in [0.5, 0.6) is 0 Å². The first-order valence-corrected chi connectivity index (χ1v) is 16.6. The van der Waals surface area contributed by atoms with E-state index in [1.165, 1.54) is 80.6 Å². The molecular formula is C30H48AlLiN4O2S2. The third kappa shape index (κ3) is 8.02. The Morgan fingerprint density at radius 3 is 1.73 bits per heavy atom. The fourth-order valence-electron chi connectivity index (χ4n) is 6.55. The summed E-state index contributed by atoms with van der Waals surface area (Å²) in [6, 6.07) is 0. The topological polar surface area (TPSA) is 74.6 Å². The first-order valence-electron chi connectivity index (χ1n) is 14.8. The van der Waals surface area contributed by atoms with Crippen LogP contribution in [-0.2, 0) is 20.4 Å². The maximum atomic E-state index is 7.57. The molecule has 2 saturated carbocycles. The number of aromatic nitrogens is 2. The van der Waals surface area contributed by atoms with Crippen molar-refractivity contribution in [3.8, 4) is 0 Å². The van der Waals surface area contributed by atoms with Gasteiger partial charge in [-0.15, -0.1) is 22.7 Å². The molecule has 4 fully saturated rings. The van der Waals surface area contributed by atoms with Gasteiger partial charge in [0, 0.05) is 47.8 Å². The Balaban J connectivity index is 0.000000267. The minimum absolute atomic E-state index is 0. The van der Waals surface area contributed by atoms with Crippen molar-refractivity contribution < 1.29 is 29.8 Å². The van der Waals surface area contributed by atoms with E-state index < -0.39 is 5.54 Å². The molecule has 4 heterocycles. The summed E-state index contributed by atoms with van der Waals surface area (Å²) >= 11 is 3.52. The molecule has 0 spiro atoms. The Hall–Kier alpha value is -0.240. The Morgan fingerprint density at radius 1 is 0.800 bits per heavy atom. The third-order valence-electron chi connectivity index (χ3n) is 9.32. The number of hydrogen-bond donors (Lipinski definition) is 1. The Bertz CT molecular complexity index is 1060. The van der Waals surface area contributed by atoms with E-state index in [4.69, 9.17) is 31.7 Å². The molecule has 2 aliphatic heterocycles. The number of nitrogens with two attached hydrogens (primary N) is 1. The minimum atomic E-state index is -0.393. The Morgan fingerprint density at radius 2 is 1.25 bits per heavy atom. The van der Waals surface area contributed by atoms with Gasteiger partial charge in [0.05, 0.1) is 37.4 Å². The van der Waals surface area contributed by atoms with Crippen molar-refractivity contribution in [2.24, 2.45) is 5.73 Å². The molecule has 216 valence electrons. The number of hydrogen-bond acceptors (Lipinski definition) is 7. The molecule has 10 heteroatoms. The molecular weight excluding hydrogens is 546 g/mol. The molecule has 0 atom stereocenters. The van der Waals surface area contributed by atoms with Crippen LogP contribution in [0, 0.1) is 6.57 Å². The first-order chi connectivity index (χ1) is 18.7. The summed E-state index contributed by atoms with van der Waals surface area (Å²) in [5, 5.41) is 6.79. The van der Waals surface area contributed by atoms with Crippen molar-refractivity contribution in [2.75, 3.05) is 33.0 Å². The minimum Gasteiger partial charge on any atom is -1.00 e. The van der Waals surface area contributed by atoms with Crippen LogP contribution in [-0.4, -0.2) is 60.3 Å². The van der Waals surface area contributed by atoms with Crippen molar-refractivity contribution in [2.45, 2.75) is 113 Å².